The van der Waals surface area contributed by atoms with Crippen molar-refractivity contribution in [1.82, 2.24) is 16.2 Å². The fourth-order valence-electron chi connectivity index (χ4n) is 1.19. The largest absolute Gasteiger partial charge is 0.341 e. The van der Waals surface area contributed by atoms with E-state index in [0.717, 1.165) is 10.0 Å². The Morgan fingerprint density at radius 3 is 2.85 bits per heavy atom. The molecule has 13 heavy (non-hydrogen) atoms. The molecule has 1 fully saturated rings. The first-order valence-corrected chi connectivity index (χ1v) is 5.03. The van der Waals surface area contributed by atoms with E-state index in [1.807, 2.05) is 24.3 Å². The number of rotatable bonds is 1. The van der Waals surface area contributed by atoms with E-state index in [1.165, 1.54) is 0 Å². The van der Waals surface area contributed by atoms with Gasteiger partial charge in [0.1, 0.15) is 6.17 Å². The Balaban J connectivity index is 2.21. The maximum absolute atomic E-state index is 4.93. The molecule has 2 rings (SSSR count). The molecule has 1 saturated heterocycles. The molecule has 5 heteroatoms. The summed E-state index contributed by atoms with van der Waals surface area (Å²) in [7, 11) is 0. The second-order valence-corrected chi connectivity index (χ2v) is 4.05. The minimum absolute atomic E-state index is 0.0602. The second-order valence-electron chi connectivity index (χ2n) is 2.73. The Morgan fingerprint density at radius 1 is 1.38 bits per heavy atom. The number of hydrogen-bond donors (Lipinski definition) is 3. The molecule has 1 heterocycles. The van der Waals surface area contributed by atoms with Gasteiger partial charge in [0.15, 0.2) is 5.11 Å². The molecule has 1 aliphatic rings. The molecule has 1 aromatic carbocycles. The van der Waals surface area contributed by atoms with Crippen LogP contribution in [0.1, 0.15) is 11.7 Å². The summed E-state index contributed by atoms with van der Waals surface area (Å²) in [5, 5.41) is 3.72. The highest BCUT2D eigenvalue weighted by Gasteiger charge is 2.17. The van der Waals surface area contributed by atoms with Crippen molar-refractivity contribution in [2.45, 2.75) is 6.17 Å². The van der Waals surface area contributed by atoms with Crippen molar-refractivity contribution in [3.8, 4) is 0 Å². The molecule has 1 unspecified atom stereocenters. The predicted molar refractivity (Wildman–Crippen MR) is 58.9 cm³/mol. The molecule has 0 radical (unpaired) electrons. The topological polar surface area (TPSA) is 36.1 Å². The number of halogens is 1. The zero-order valence-electron chi connectivity index (χ0n) is 6.67. The van der Waals surface area contributed by atoms with Crippen LogP contribution in [0, 0.1) is 0 Å². The average Bonchev–Trinajstić information content (AvgIpc) is 2.52. The molecule has 0 amide bonds. The van der Waals surface area contributed by atoms with Crippen molar-refractivity contribution < 1.29 is 0 Å². The molecule has 0 aliphatic carbocycles. The second kappa shape index (κ2) is 3.61. The summed E-state index contributed by atoms with van der Waals surface area (Å²) in [4.78, 5) is 0. The lowest BCUT2D eigenvalue weighted by atomic mass is 10.2. The molecule has 3 nitrogen and oxygen atoms in total. The van der Waals surface area contributed by atoms with Gasteiger partial charge in [-0.05, 0) is 29.9 Å². The van der Waals surface area contributed by atoms with Gasteiger partial charge in [-0.25, -0.2) is 5.43 Å². The zero-order chi connectivity index (χ0) is 9.26. The van der Waals surface area contributed by atoms with E-state index in [2.05, 4.69) is 32.1 Å². The summed E-state index contributed by atoms with van der Waals surface area (Å²) >= 11 is 8.35. The van der Waals surface area contributed by atoms with Crippen LogP contribution in [0.15, 0.2) is 28.7 Å². The zero-order valence-corrected chi connectivity index (χ0v) is 9.08. The van der Waals surface area contributed by atoms with Crippen molar-refractivity contribution in [2.75, 3.05) is 0 Å². The van der Waals surface area contributed by atoms with Crippen molar-refractivity contribution in [2.24, 2.45) is 0 Å². The molecular formula is C8H8BrN3S. The lowest BCUT2D eigenvalue weighted by molar-refractivity contribution is 0.554. The van der Waals surface area contributed by atoms with E-state index >= 15 is 0 Å². The fourth-order valence-corrected chi connectivity index (χ4v) is 1.79. The first kappa shape index (κ1) is 8.93. The van der Waals surface area contributed by atoms with Gasteiger partial charge in [0.25, 0.3) is 0 Å². The molecule has 1 aromatic rings. The fraction of sp³-hybridized carbons (Fsp3) is 0.125. The van der Waals surface area contributed by atoms with E-state index in [0.29, 0.717) is 5.11 Å². The third kappa shape index (κ3) is 1.99. The van der Waals surface area contributed by atoms with Crippen molar-refractivity contribution in [3.05, 3.63) is 34.3 Å². The third-order valence-electron chi connectivity index (χ3n) is 1.79. The summed E-state index contributed by atoms with van der Waals surface area (Å²) in [5.41, 5.74) is 7.01. The number of nitrogens with one attached hydrogen (secondary N) is 3. The van der Waals surface area contributed by atoms with Crippen LogP contribution in [-0.2, 0) is 0 Å². The van der Waals surface area contributed by atoms with Crippen LogP contribution < -0.4 is 16.2 Å². The molecule has 68 valence electrons. The highest BCUT2D eigenvalue weighted by molar-refractivity contribution is 9.10. The molecule has 1 aliphatic heterocycles. The van der Waals surface area contributed by atoms with Crippen LogP contribution in [0.4, 0.5) is 0 Å². The number of hydrogen-bond acceptors (Lipinski definition) is 2. The van der Waals surface area contributed by atoms with Crippen molar-refractivity contribution in [1.29, 1.82) is 0 Å². The van der Waals surface area contributed by atoms with Gasteiger partial charge in [-0.2, -0.15) is 0 Å². The normalized spacial score (nSPS) is 21.0. The van der Waals surface area contributed by atoms with Gasteiger partial charge >= 0.3 is 0 Å². The Bertz CT molecular complexity index is 342. The van der Waals surface area contributed by atoms with Crippen LogP contribution in [0.3, 0.4) is 0 Å². The predicted octanol–water partition coefficient (Wildman–Crippen LogP) is 1.43. The maximum atomic E-state index is 4.93. The highest BCUT2D eigenvalue weighted by atomic mass is 79.9. The van der Waals surface area contributed by atoms with Gasteiger partial charge in [0, 0.05) is 4.47 Å². The summed E-state index contributed by atoms with van der Waals surface area (Å²) < 4.78 is 1.06. The van der Waals surface area contributed by atoms with Crippen LogP contribution in [0.2, 0.25) is 0 Å². The SMILES string of the molecule is S=C1NNC(c2cccc(Br)c2)N1. The third-order valence-corrected chi connectivity index (χ3v) is 2.50. The Hall–Kier alpha value is -0.650. The van der Waals surface area contributed by atoms with Gasteiger partial charge in [-0.15, -0.1) is 0 Å². The van der Waals surface area contributed by atoms with Gasteiger partial charge in [-0.1, -0.05) is 28.1 Å². The number of thiocarbonyl (C=S) groups is 1. The first-order chi connectivity index (χ1) is 6.25. The molecule has 3 N–H and O–H groups in total. The number of benzene rings is 1. The van der Waals surface area contributed by atoms with Gasteiger partial charge in [0.2, 0.25) is 0 Å². The van der Waals surface area contributed by atoms with E-state index < -0.39 is 0 Å². The molecular weight excluding hydrogens is 250 g/mol. The van der Waals surface area contributed by atoms with Crippen molar-refractivity contribution in [3.63, 3.8) is 0 Å². The smallest absolute Gasteiger partial charge is 0.182 e. The van der Waals surface area contributed by atoms with E-state index in [9.17, 15) is 0 Å². The van der Waals surface area contributed by atoms with Crippen LogP contribution in [0.25, 0.3) is 0 Å². The van der Waals surface area contributed by atoms with E-state index in [4.69, 9.17) is 12.2 Å². The van der Waals surface area contributed by atoms with Gasteiger partial charge in [0.05, 0.1) is 0 Å². The summed E-state index contributed by atoms with van der Waals surface area (Å²) in [6, 6.07) is 8.06. The summed E-state index contributed by atoms with van der Waals surface area (Å²) in [6.45, 7) is 0. The maximum Gasteiger partial charge on any atom is 0.182 e. The molecule has 1 atom stereocenters. The minimum atomic E-state index is 0.0602. The first-order valence-electron chi connectivity index (χ1n) is 3.83. The quantitative estimate of drug-likeness (QED) is 0.666. The highest BCUT2D eigenvalue weighted by Crippen LogP contribution is 2.17. The Kier molecular flexibility index (Phi) is 2.48. The summed E-state index contributed by atoms with van der Waals surface area (Å²) in [6.07, 6.45) is 0.0602. The van der Waals surface area contributed by atoms with Gasteiger partial charge in [-0.3, -0.25) is 5.43 Å². The molecule has 0 saturated carbocycles. The van der Waals surface area contributed by atoms with E-state index in [1.54, 1.807) is 0 Å². The lowest BCUT2D eigenvalue weighted by Crippen LogP contribution is -2.26. The van der Waals surface area contributed by atoms with E-state index in [-0.39, 0.29) is 6.17 Å². The molecule has 0 spiro atoms. The monoisotopic (exact) mass is 257 g/mol. The molecule has 0 aromatic heterocycles. The summed E-state index contributed by atoms with van der Waals surface area (Å²) in [5.74, 6) is 0. The Morgan fingerprint density at radius 2 is 2.23 bits per heavy atom. The number of hydrazine groups is 1. The lowest BCUT2D eigenvalue weighted by Gasteiger charge is -2.09. The van der Waals surface area contributed by atoms with Crippen LogP contribution >= 0.6 is 28.1 Å². The standard InChI is InChI=1S/C8H8BrN3S/c9-6-3-1-2-5(4-6)7-10-8(13)12-11-7/h1-4,7,11H,(H2,10,12,13). The molecule has 0 bridgehead atoms. The van der Waals surface area contributed by atoms with Crippen LogP contribution in [0.5, 0.6) is 0 Å². The van der Waals surface area contributed by atoms with Gasteiger partial charge < -0.3 is 5.32 Å². The minimum Gasteiger partial charge on any atom is -0.341 e. The van der Waals surface area contributed by atoms with Crippen LogP contribution in [-0.4, -0.2) is 5.11 Å². The van der Waals surface area contributed by atoms with Crippen molar-refractivity contribution >= 4 is 33.3 Å². The Labute approximate surface area is 90.0 Å². The average molecular weight is 258 g/mol.